The summed E-state index contributed by atoms with van der Waals surface area (Å²) in [4.78, 5) is 26.5. The maximum absolute atomic E-state index is 13.2. The number of carbonyl (C=O) groups excluding carboxylic acids is 2. The summed E-state index contributed by atoms with van der Waals surface area (Å²) >= 11 is 0. The Morgan fingerprint density at radius 2 is 1.89 bits per heavy atom. The fourth-order valence-corrected chi connectivity index (χ4v) is 4.38. The number of aryl methyl sites for hydroxylation is 1. The Morgan fingerprint density at radius 1 is 1.26 bits per heavy atom. The number of nitrogens with two attached hydrogens (primary N) is 1. The molecule has 1 spiro atoms. The van der Waals surface area contributed by atoms with E-state index in [2.05, 4.69) is 36.5 Å². The highest BCUT2D eigenvalue weighted by molar-refractivity contribution is 5.87. The van der Waals surface area contributed by atoms with Crippen molar-refractivity contribution in [3.63, 3.8) is 0 Å². The Hall–Kier alpha value is -1.59. The molecule has 6 heteroatoms. The van der Waals surface area contributed by atoms with E-state index in [4.69, 9.17) is 5.73 Å². The van der Waals surface area contributed by atoms with Crippen LogP contribution in [0.4, 0.5) is 0 Å². The molecule has 0 aromatic heterocycles. The smallest absolute Gasteiger partial charge is 0.237 e. The summed E-state index contributed by atoms with van der Waals surface area (Å²) in [5.74, 6) is -0.311. The zero-order chi connectivity index (χ0) is 18.7. The van der Waals surface area contributed by atoms with Crippen LogP contribution in [-0.2, 0) is 16.0 Å². The minimum absolute atomic E-state index is 0. The number of rotatable bonds is 7. The minimum Gasteiger partial charge on any atom is -0.368 e. The van der Waals surface area contributed by atoms with Crippen molar-refractivity contribution in [1.82, 2.24) is 10.2 Å². The van der Waals surface area contributed by atoms with Crippen LogP contribution in [0.25, 0.3) is 0 Å². The van der Waals surface area contributed by atoms with Crippen molar-refractivity contribution in [2.75, 3.05) is 19.6 Å². The molecular weight excluding hydrogens is 362 g/mol. The van der Waals surface area contributed by atoms with Crippen LogP contribution in [-0.4, -0.2) is 36.3 Å². The third kappa shape index (κ3) is 4.82. The number of hydrogen-bond donors (Lipinski definition) is 2. The second kappa shape index (κ2) is 9.07. The van der Waals surface area contributed by atoms with Gasteiger partial charge >= 0.3 is 0 Å². The Balaban J connectivity index is 0.00000261. The molecule has 27 heavy (non-hydrogen) atoms. The minimum atomic E-state index is -0.451. The Morgan fingerprint density at radius 3 is 2.44 bits per heavy atom. The summed E-state index contributed by atoms with van der Waals surface area (Å²) in [5.41, 5.74) is 7.97. The highest BCUT2D eigenvalue weighted by atomic mass is 35.5. The molecule has 2 fully saturated rings. The highest BCUT2D eigenvalue weighted by Gasteiger charge is 2.58. The summed E-state index contributed by atoms with van der Waals surface area (Å²) in [6.07, 6.45) is 5.21. The zero-order valence-corrected chi connectivity index (χ0v) is 17.2. The van der Waals surface area contributed by atoms with Crippen molar-refractivity contribution in [2.45, 2.75) is 52.0 Å². The molecule has 1 aliphatic heterocycles. The van der Waals surface area contributed by atoms with Gasteiger partial charge < -0.3 is 16.0 Å². The van der Waals surface area contributed by atoms with Gasteiger partial charge in [-0.05, 0) is 62.2 Å². The molecule has 3 rings (SSSR count). The lowest BCUT2D eigenvalue weighted by Crippen LogP contribution is -2.42. The van der Waals surface area contributed by atoms with E-state index >= 15 is 0 Å². The molecule has 2 atom stereocenters. The molecule has 150 valence electrons. The van der Waals surface area contributed by atoms with E-state index in [1.165, 1.54) is 5.56 Å². The van der Waals surface area contributed by atoms with Gasteiger partial charge in [0, 0.05) is 5.92 Å². The predicted octanol–water partition coefficient (Wildman–Crippen LogP) is 2.83. The van der Waals surface area contributed by atoms with Crippen molar-refractivity contribution < 1.29 is 9.59 Å². The van der Waals surface area contributed by atoms with Crippen LogP contribution < -0.4 is 11.1 Å². The number of nitrogens with one attached hydrogen (secondary N) is 1. The van der Waals surface area contributed by atoms with Gasteiger partial charge in [-0.3, -0.25) is 9.59 Å². The van der Waals surface area contributed by atoms with Gasteiger partial charge in [0.05, 0.1) is 12.6 Å². The third-order valence-corrected chi connectivity index (χ3v) is 6.16. The number of benzene rings is 1. The lowest BCUT2D eigenvalue weighted by atomic mass is 9.91. The number of piperidine rings is 1. The fourth-order valence-electron chi connectivity index (χ4n) is 4.38. The average Bonchev–Trinajstić information content (AvgIpc) is 3.32. The molecule has 1 saturated carbocycles. The van der Waals surface area contributed by atoms with Crippen molar-refractivity contribution in [2.24, 2.45) is 17.1 Å². The standard InChI is InChI=1S/C21H31N3O2.ClH/c1-3-4-16-5-7-17(8-6-16)15(2)24(14-19(22)25)20(26)18-13-21(18)9-11-23-12-10-21;/h5-8,15,18,23H,3-4,9-14H2,1-2H3,(H2,22,25);1H. The Kier molecular flexibility index (Phi) is 7.29. The summed E-state index contributed by atoms with van der Waals surface area (Å²) in [7, 11) is 0. The lowest BCUT2D eigenvalue weighted by molar-refractivity contribution is -0.139. The Labute approximate surface area is 168 Å². The number of primary amides is 1. The summed E-state index contributed by atoms with van der Waals surface area (Å²) < 4.78 is 0. The molecule has 3 N–H and O–H groups in total. The monoisotopic (exact) mass is 393 g/mol. The molecule has 1 saturated heterocycles. The topological polar surface area (TPSA) is 75.4 Å². The molecule has 2 aliphatic rings. The number of nitrogens with zero attached hydrogens (tertiary/aromatic N) is 1. The van der Waals surface area contributed by atoms with E-state index in [-0.39, 0.29) is 42.2 Å². The molecule has 2 unspecified atom stereocenters. The van der Waals surface area contributed by atoms with Crippen LogP contribution in [0.1, 0.15) is 56.7 Å². The van der Waals surface area contributed by atoms with Gasteiger partial charge in [0.25, 0.3) is 0 Å². The van der Waals surface area contributed by atoms with Gasteiger partial charge in [-0.1, -0.05) is 37.6 Å². The highest BCUT2D eigenvalue weighted by Crippen LogP contribution is 2.59. The maximum atomic E-state index is 13.2. The van der Waals surface area contributed by atoms with Gasteiger partial charge in [0.2, 0.25) is 11.8 Å². The summed E-state index contributed by atoms with van der Waals surface area (Å²) in [6, 6.07) is 8.24. The third-order valence-electron chi connectivity index (χ3n) is 6.16. The quantitative estimate of drug-likeness (QED) is 0.747. The van der Waals surface area contributed by atoms with Gasteiger partial charge in [-0.25, -0.2) is 0 Å². The summed E-state index contributed by atoms with van der Waals surface area (Å²) in [5, 5.41) is 3.37. The maximum Gasteiger partial charge on any atom is 0.237 e. The number of carbonyl (C=O) groups is 2. The molecular formula is C21H32ClN3O2. The Bertz CT molecular complexity index is 656. The predicted molar refractivity (Wildman–Crippen MR) is 110 cm³/mol. The fraction of sp³-hybridized carbons (Fsp3) is 0.619. The second-order valence-electron chi connectivity index (χ2n) is 7.97. The molecule has 1 aliphatic carbocycles. The van der Waals surface area contributed by atoms with Crippen LogP contribution in [0.3, 0.4) is 0 Å². The van der Waals surface area contributed by atoms with Crippen molar-refractivity contribution in [3.05, 3.63) is 35.4 Å². The molecule has 5 nitrogen and oxygen atoms in total. The SMILES string of the molecule is CCCc1ccc(C(C)N(CC(N)=O)C(=O)C2CC23CCNCC3)cc1.Cl. The molecule has 2 amide bonds. The second-order valence-corrected chi connectivity index (χ2v) is 7.97. The van der Waals surface area contributed by atoms with Gasteiger partial charge in [0.1, 0.15) is 0 Å². The van der Waals surface area contributed by atoms with Crippen LogP contribution >= 0.6 is 12.4 Å². The van der Waals surface area contributed by atoms with Crippen LogP contribution in [0.2, 0.25) is 0 Å². The lowest BCUT2D eigenvalue weighted by Gasteiger charge is -2.31. The summed E-state index contributed by atoms with van der Waals surface area (Å²) in [6.45, 7) is 6.10. The first kappa shape index (κ1) is 21.7. The largest absolute Gasteiger partial charge is 0.368 e. The normalized spacial score (nSPS) is 21.2. The first-order valence-corrected chi connectivity index (χ1v) is 9.85. The van der Waals surface area contributed by atoms with Crippen LogP contribution in [0, 0.1) is 11.3 Å². The van der Waals surface area contributed by atoms with Gasteiger partial charge in [-0.15, -0.1) is 12.4 Å². The molecule has 0 radical (unpaired) electrons. The molecule has 1 aromatic rings. The van der Waals surface area contributed by atoms with E-state index < -0.39 is 5.91 Å². The number of hydrogen-bond acceptors (Lipinski definition) is 3. The van der Waals surface area contributed by atoms with Crippen LogP contribution in [0.15, 0.2) is 24.3 Å². The number of halogens is 1. The van der Waals surface area contributed by atoms with Gasteiger partial charge in [0.15, 0.2) is 0 Å². The van der Waals surface area contributed by atoms with Crippen molar-refractivity contribution in [1.29, 1.82) is 0 Å². The van der Waals surface area contributed by atoms with Crippen molar-refractivity contribution >= 4 is 24.2 Å². The first-order valence-electron chi connectivity index (χ1n) is 9.85. The van der Waals surface area contributed by atoms with E-state index in [9.17, 15) is 9.59 Å². The average molecular weight is 394 g/mol. The van der Waals surface area contributed by atoms with Crippen LogP contribution in [0.5, 0.6) is 0 Å². The van der Waals surface area contributed by atoms with Crippen molar-refractivity contribution in [3.8, 4) is 0 Å². The van der Waals surface area contributed by atoms with E-state index in [0.29, 0.717) is 0 Å². The van der Waals surface area contributed by atoms with E-state index in [1.54, 1.807) is 4.90 Å². The number of amides is 2. The molecule has 1 heterocycles. The van der Waals surface area contributed by atoms with E-state index in [0.717, 1.165) is 50.8 Å². The molecule has 0 bridgehead atoms. The van der Waals surface area contributed by atoms with E-state index in [1.807, 2.05) is 6.92 Å². The first-order chi connectivity index (χ1) is 12.5. The van der Waals surface area contributed by atoms with Gasteiger partial charge in [-0.2, -0.15) is 0 Å². The zero-order valence-electron chi connectivity index (χ0n) is 16.4. The molecule has 1 aromatic carbocycles.